The number of hydrogen-bond donors (Lipinski definition) is 2. The van der Waals surface area contributed by atoms with Crippen molar-refractivity contribution in [1.29, 1.82) is 0 Å². The molecule has 2 aliphatic rings. The molecule has 2 amide bonds. The van der Waals surface area contributed by atoms with Crippen LogP contribution in [0.2, 0.25) is 0 Å². The number of phenols is 1. The van der Waals surface area contributed by atoms with Gasteiger partial charge >= 0.3 is 6.03 Å². The first-order valence-corrected chi connectivity index (χ1v) is 9.41. The summed E-state index contributed by atoms with van der Waals surface area (Å²) >= 11 is 0. The second-order valence-corrected chi connectivity index (χ2v) is 7.07. The van der Waals surface area contributed by atoms with Crippen LogP contribution in [0.5, 0.6) is 5.75 Å². The Morgan fingerprint density at radius 2 is 1.73 bits per heavy atom. The molecule has 26 heavy (non-hydrogen) atoms. The number of carbonyl (C=O) groups is 1. The molecular formula is C21H25N3O2. The average molecular weight is 351 g/mol. The van der Waals surface area contributed by atoms with Gasteiger partial charge in [-0.2, -0.15) is 0 Å². The van der Waals surface area contributed by atoms with Crippen molar-refractivity contribution in [3.05, 3.63) is 53.6 Å². The van der Waals surface area contributed by atoms with E-state index in [1.807, 2.05) is 29.2 Å². The minimum absolute atomic E-state index is 0.0143. The van der Waals surface area contributed by atoms with E-state index in [1.165, 1.54) is 24.0 Å². The number of urea groups is 1. The van der Waals surface area contributed by atoms with Gasteiger partial charge in [-0.1, -0.05) is 18.2 Å². The van der Waals surface area contributed by atoms with Gasteiger partial charge in [0.2, 0.25) is 0 Å². The highest BCUT2D eigenvalue weighted by atomic mass is 16.3. The minimum atomic E-state index is -0.0143. The molecule has 1 fully saturated rings. The number of aromatic hydroxyl groups is 1. The third kappa shape index (κ3) is 3.47. The van der Waals surface area contributed by atoms with E-state index < -0.39 is 0 Å². The largest absolute Gasteiger partial charge is 0.508 e. The molecule has 4 rings (SSSR count). The molecule has 136 valence electrons. The van der Waals surface area contributed by atoms with Gasteiger partial charge in [0.25, 0.3) is 0 Å². The molecule has 5 nitrogen and oxygen atoms in total. The number of nitrogens with one attached hydrogen (secondary N) is 1. The van der Waals surface area contributed by atoms with Crippen molar-refractivity contribution in [1.82, 2.24) is 4.90 Å². The van der Waals surface area contributed by atoms with Crippen LogP contribution >= 0.6 is 0 Å². The normalized spacial score (nSPS) is 16.9. The maximum absolute atomic E-state index is 12.7. The lowest BCUT2D eigenvalue weighted by Crippen LogP contribution is -2.50. The lowest BCUT2D eigenvalue weighted by Gasteiger charge is -2.36. The standard InChI is InChI=1S/C21H25N3O2/c25-18-8-4-7-17(15-18)23-11-13-24(14-12-23)21(26)22-20-10-3-6-16-5-1-2-9-19(16)20/h3-4,6-8,10,15,25H,1-2,5,9,11-14H2,(H,22,26). The Morgan fingerprint density at radius 3 is 2.54 bits per heavy atom. The maximum atomic E-state index is 12.7. The van der Waals surface area contributed by atoms with Crippen LogP contribution in [0.4, 0.5) is 16.2 Å². The number of anilines is 2. The summed E-state index contributed by atoms with van der Waals surface area (Å²) in [4.78, 5) is 16.8. The third-order valence-electron chi connectivity index (χ3n) is 5.40. The van der Waals surface area contributed by atoms with Gasteiger partial charge in [-0.25, -0.2) is 4.79 Å². The maximum Gasteiger partial charge on any atom is 0.321 e. The van der Waals surface area contributed by atoms with E-state index in [1.54, 1.807) is 12.1 Å². The van der Waals surface area contributed by atoms with E-state index in [0.717, 1.165) is 37.3 Å². The van der Waals surface area contributed by atoms with Crippen molar-refractivity contribution in [2.45, 2.75) is 25.7 Å². The van der Waals surface area contributed by atoms with Gasteiger partial charge in [0.1, 0.15) is 5.75 Å². The fraction of sp³-hybridized carbons (Fsp3) is 0.381. The van der Waals surface area contributed by atoms with Crippen molar-refractivity contribution in [2.24, 2.45) is 0 Å². The predicted molar refractivity (Wildman–Crippen MR) is 104 cm³/mol. The smallest absolute Gasteiger partial charge is 0.321 e. The molecule has 1 heterocycles. The van der Waals surface area contributed by atoms with Crippen molar-refractivity contribution in [3.63, 3.8) is 0 Å². The van der Waals surface area contributed by atoms with Gasteiger partial charge in [0.15, 0.2) is 0 Å². The monoisotopic (exact) mass is 351 g/mol. The topological polar surface area (TPSA) is 55.8 Å². The van der Waals surface area contributed by atoms with E-state index in [0.29, 0.717) is 13.1 Å². The molecule has 2 aromatic rings. The third-order valence-corrected chi connectivity index (χ3v) is 5.40. The highest BCUT2D eigenvalue weighted by Crippen LogP contribution is 2.28. The summed E-state index contributed by atoms with van der Waals surface area (Å²) in [5.41, 5.74) is 4.66. The first-order chi connectivity index (χ1) is 12.7. The fourth-order valence-corrected chi connectivity index (χ4v) is 3.95. The number of rotatable bonds is 2. The molecule has 0 saturated carbocycles. The Morgan fingerprint density at radius 1 is 0.962 bits per heavy atom. The Hall–Kier alpha value is -2.69. The Labute approximate surface area is 154 Å². The summed E-state index contributed by atoms with van der Waals surface area (Å²) in [5, 5.41) is 12.8. The molecular weight excluding hydrogens is 326 g/mol. The summed E-state index contributed by atoms with van der Waals surface area (Å²) in [6.07, 6.45) is 4.60. The summed E-state index contributed by atoms with van der Waals surface area (Å²) in [6.45, 7) is 2.89. The molecule has 0 spiro atoms. The molecule has 2 aromatic carbocycles. The van der Waals surface area contributed by atoms with Crippen molar-refractivity contribution in [2.75, 3.05) is 36.4 Å². The lowest BCUT2D eigenvalue weighted by atomic mass is 9.90. The fourth-order valence-electron chi connectivity index (χ4n) is 3.95. The number of aryl methyl sites for hydroxylation is 1. The Bertz CT molecular complexity index is 798. The Balaban J connectivity index is 1.38. The van der Waals surface area contributed by atoms with Gasteiger partial charge in [-0.05, 0) is 55.0 Å². The van der Waals surface area contributed by atoms with Crippen LogP contribution in [0.1, 0.15) is 24.0 Å². The molecule has 0 aromatic heterocycles. The second-order valence-electron chi connectivity index (χ2n) is 7.07. The first kappa shape index (κ1) is 16.8. The van der Waals surface area contributed by atoms with Crippen molar-refractivity contribution < 1.29 is 9.90 Å². The molecule has 1 saturated heterocycles. The minimum Gasteiger partial charge on any atom is -0.508 e. The van der Waals surface area contributed by atoms with E-state index >= 15 is 0 Å². The summed E-state index contributed by atoms with van der Waals surface area (Å²) < 4.78 is 0. The summed E-state index contributed by atoms with van der Waals surface area (Å²) in [5.74, 6) is 0.275. The number of nitrogens with zero attached hydrogens (tertiary/aromatic N) is 2. The van der Waals surface area contributed by atoms with Crippen molar-refractivity contribution in [3.8, 4) is 5.75 Å². The van der Waals surface area contributed by atoms with Crippen LogP contribution in [0, 0.1) is 0 Å². The number of piperazine rings is 1. The number of amides is 2. The van der Waals surface area contributed by atoms with Crippen LogP contribution in [0.15, 0.2) is 42.5 Å². The van der Waals surface area contributed by atoms with Crippen LogP contribution in [-0.4, -0.2) is 42.2 Å². The highest BCUT2D eigenvalue weighted by molar-refractivity contribution is 5.90. The molecule has 5 heteroatoms. The van der Waals surface area contributed by atoms with E-state index in [2.05, 4.69) is 16.3 Å². The van der Waals surface area contributed by atoms with E-state index in [-0.39, 0.29) is 11.8 Å². The lowest BCUT2D eigenvalue weighted by molar-refractivity contribution is 0.208. The molecule has 0 radical (unpaired) electrons. The van der Waals surface area contributed by atoms with Gasteiger partial charge in [-0.3, -0.25) is 0 Å². The van der Waals surface area contributed by atoms with E-state index in [4.69, 9.17) is 0 Å². The van der Waals surface area contributed by atoms with Gasteiger partial charge < -0.3 is 20.2 Å². The molecule has 0 atom stereocenters. The molecule has 1 aliphatic heterocycles. The molecule has 0 bridgehead atoms. The second kappa shape index (κ2) is 7.28. The molecule has 2 N–H and O–H groups in total. The van der Waals surface area contributed by atoms with Gasteiger partial charge in [0.05, 0.1) is 0 Å². The SMILES string of the molecule is O=C(Nc1cccc2c1CCCC2)N1CCN(c2cccc(O)c2)CC1. The zero-order valence-electron chi connectivity index (χ0n) is 14.9. The first-order valence-electron chi connectivity index (χ1n) is 9.41. The highest BCUT2D eigenvalue weighted by Gasteiger charge is 2.23. The van der Waals surface area contributed by atoms with Crippen molar-refractivity contribution >= 4 is 17.4 Å². The number of hydrogen-bond acceptors (Lipinski definition) is 3. The summed E-state index contributed by atoms with van der Waals surface area (Å²) in [6, 6.07) is 13.5. The van der Waals surface area contributed by atoms with Crippen LogP contribution in [0.3, 0.4) is 0 Å². The predicted octanol–water partition coefficient (Wildman–Crippen LogP) is 3.63. The van der Waals surface area contributed by atoms with Crippen LogP contribution in [-0.2, 0) is 12.8 Å². The number of carbonyl (C=O) groups excluding carboxylic acids is 1. The quantitative estimate of drug-likeness (QED) is 0.869. The number of benzene rings is 2. The molecule has 1 aliphatic carbocycles. The van der Waals surface area contributed by atoms with E-state index in [9.17, 15) is 9.90 Å². The zero-order chi connectivity index (χ0) is 17.9. The average Bonchev–Trinajstić information content (AvgIpc) is 2.68. The number of fused-ring (bicyclic) bond motifs is 1. The Kier molecular flexibility index (Phi) is 4.69. The van der Waals surface area contributed by atoms with Gasteiger partial charge in [-0.15, -0.1) is 0 Å². The zero-order valence-corrected chi connectivity index (χ0v) is 14.9. The molecule has 0 unspecified atom stereocenters. The van der Waals surface area contributed by atoms with Crippen LogP contribution < -0.4 is 10.2 Å². The van der Waals surface area contributed by atoms with Crippen LogP contribution in [0.25, 0.3) is 0 Å². The van der Waals surface area contributed by atoms with Gasteiger partial charge in [0, 0.05) is 43.6 Å². The number of phenolic OH excluding ortho intramolecular Hbond substituents is 1. The summed E-state index contributed by atoms with van der Waals surface area (Å²) in [7, 11) is 0.